The summed E-state index contributed by atoms with van der Waals surface area (Å²) in [5.41, 5.74) is 0.667. The van der Waals surface area contributed by atoms with E-state index in [-0.39, 0.29) is 11.4 Å². The molecule has 0 atom stereocenters. The number of carbonyl (C=O) groups is 2. The van der Waals surface area contributed by atoms with Crippen molar-refractivity contribution in [2.24, 2.45) is 0 Å². The van der Waals surface area contributed by atoms with E-state index < -0.39 is 5.97 Å². The third-order valence-corrected chi connectivity index (χ3v) is 2.75. The summed E-state index contributed by atoms with van der Waals surface area (Å²) in [6.45, 7) is 1.99. The van der Waals surface area contributed by atoms with Crippen LogP contribution in [0, 0.1) is 0 Å². The third-order valence-electron chi connectivity index (χ3n) is 2.07. The number of rotatable bonds is 5. The molecule has 0 amide bonds. The number of hydrogen-bond acceptors (Lipinski definition) is 4. The Bertz CT molecular complexity index is 390. The first-order valence-electron chi connectivity index (χ1n) is 5.06. The van der Waals surface area contributed by atoms with Crippen LogP contribution in [0.1, 0.15) is 30.1 Å². The van der Waals surface area contributed by atoms with Crippen LogP contribution in [0.25, 0.3) is 0 Å². The SMILES string of the molecule is CCC/C=C(\C(=O)OC)C(=O)c1ccsc1. The molecule has 4 heteroatoms. The van der Waals surface area contributed by atoms with Crippen molar-refractivity contribution in [3.63, 3.8) is 0 Å². The van der Waals surface area contributed by atoms with Gasteiger partial charge in [0.1, 0.15) is 5.57 Å². The highest BCUT2D eigenvalue weighted by Gasteiger charge is 2.20. The molecule has 0 aromatic carbocycles. The molecule has 1 aromatic rings. The van der Waals surface area contributed by atoms with Crippen molar-refractivity contribution in [3.05, 3.63) is 34.0 Å². The van der Waals surface area contributed by atoms with Gasteiger partial charge in [-0.3, -0.25) is 4.79 Å². The smallest absolute Gasteiger partial charge is 0.341 e. The van der Waals surface area contributed by atoms with Gasteiger partial charge in [-0.05, 0) is 17.9 Å². The van der Waals surface area contributed by atoms with Crippen LogP contribution in [0.15, 0.2) is 28.5 Å². The Hall–Kier alpha value is -1.42. The third kappa shape index (κ3) is 3.03. The Labute approximate surface area is 98.7 Å². The molecule has 0 unspecified atom stereocenters. The van der Waals surface area contributed by atoms with Gasteiger partial charge in [-0.1, -0.05) is 19.4 Å². The lowest BCUT2D eigenvalue weighted by atomic mass is 10.0. The van der Waals surface area contributed by atoms with E-state index in [1.54, 1.807) is 17.5 Å². The molecule has 0 N–H and O–H groups in total. The van der Waals surface area contributed by atoms with E-state index in [1.165, 1.54) is 18.4 Å². The maximum atomic E-state index is 11.9. The maximum absolute atomic E-state index is 11.9. The van der Waals surface area contributed by atoms with Crippen LogP contribution in [-0.4, -0.2) is 18.9 Å². The van der Waals surface area contributed by atoms with Crippen molar-refractivity contribution >= 4 is 23.1 Å². The van der Waals surface area contributed by atoms with Crippen LogP contribution in [0.3, 0.4) is 0 Å². The summed E-state index contributed by atoms with van der Waals surface area (Å²) in [6, 6.07) is 1.70. The van der Waals surface area contributed by atoms with Gasteiger partial charge in [0.05, 0.1) is 7.11 Å². The number of ketones is 1. The zero-order chi connectivity index (χ0) is 12.0. The van der Waals surface area contributed by atoms with Crippen LogP contribution >= 0.6 is 11.3 Å². The average Bonchev–Trinajstić information content (AvgIpc) is 2.82. The Balaban J connectivity index is 2.93. The van der Waals surface area contributed by atoms with Crippen molar-refractivity contribution in [1.29, 1.82) is 0 Å². The predicted molar refractivity (Wildman–Crippen MR) is 63.7 cm³/mol. The second kappa shape index (κ2) is 6.23. The Kier molecular flexibility index (Phi) is 4.92. The number of ether oxygens (including phenoxy) is 1. The molecule has 1 rings (SSSR count). The summed E-state index contributed by atoms with van der Waals surface area (Å²) in [5.74, 6) is -0.828. The van der Waals surface area contributed by atoms with Crippen LogP contribution in [-0.2, 0) is 9.53 Å². The first kappa shape index (κ1) is 12.6. The summed E-state index contributed by atoms with van der Waals surface area (Å²) >= 11 is 1.43. The van der Waals surface area contributed by atoms with Crippen LogP contribution in [0.5, 0.6) is 0 Å². The topological polar surface area (TPSA) is 43.4 Å². The van der Waals surface area contributed by atoms with Gasteiger partial charge in [-0.2, -0.15) is 11.3 Å². The zero-order valence-electron chi connectivity index (χ0n) is 9.36. The van der Waals surface area contributed by atoms with Crippen molar-refractivity contribution in [2.75, 3.05) is 7.11 Å². The quantitative estimate of drug-likeness (QED) is 0.260. The number of methoxy groups -OCH3 is 1. The molecule has 0 spiro atoms. The zero-order valence-corrected chi connectivity index (χ0v) is 10.2. The summed E-state index contributed by atoms with van der Waals surface area (Å²) in [7, 11) is 1.28. The number of allylic oxidation sites excluding steroid dienone is 1. The van der Waals surface area contributed by atoms with Crippen LogP contribution in [0.2, 0.25) is 0 Å². The number of unbranched alkanes of at least 4 members (excludes halogenated alkanes) is 1. The molecule has 0 aliphatic carbocycles. The Morgan fingerprint density at radius 1 is 1.50 bits per heavy atom. The lowest BCUT2D eigenvalue weighted by molar-refractivity contribution is -0.135. The number of Topliss-reactive ketones (excluding diaryl/α,β-unsaturated/α-hetero) is 1. The molecule has 86 valence electrons. The highest BCUT2D eigenvalue weighted by molar-refractivity contribution is 7.08. The molecule has 3 nitrogen and oxygen atoms in total. The normalized spacial score (nSPS) is 11.2. The highest BCUT2D eigenvalue weighted by atomic mass is 32.1. The average molecular weight is 238 g/mol. The molecule has 0 radical (unpaired) electrons. The van der Waals surface area contributed by atoms with E-state index in [0.29, 0.717) is 12.0 Å². The van der Waals surface area contributed by atoms with Gasteiger partial charge >= 0.3 is 5.97 Å². The standard InChI is InChI=1S/C12H14O3S/c1-3-4-5-10(12(14)15-2)11(13)9-6-7-16-8-9/h5-8H,3-4H2,1-2H3/b10-5-. The number of thiophene rings is 1. The minimum absolute atomic E-state index is 0.128. The number of esters is 1. The minimum atomic E-state index is -0.565. The number of hydrogen-bond donors (Lipinski definition) is 0. The van der Waals surface area contributed by atoms with Gasteiger partial charge in [-0.15, -0.1) is 0 Å². The monoisotopic (exact) mass is 238 g/mol. The molecular weight excluding hydrogens is 224 g/mol. The molecule has 0 fully saturated rings. The van der Waals surface area contributed by atoms with Gasteiger partial charge in [0.2, 0.25) is 5.78 Å². The van der Waals surface area contributed by atoms with E-state index in [0.717, 1.165) is 6.42 Å². The van der Waals surface area contributed by atoms with Crippen LogP contribution < -0.4 is 0 Å². The molecule has 0 aliphatic heterocycles. The fourth-order valence-electron chi connectivity index (χ4n) is 1.22. The molecule has 0 saturated heterocycles. The predicted octanol–water partition coefficient (Wildman–Crippen LogP) is 2.83. The van der Waals surface area contributed by atoms with Gasteiger partial charge in [0.25, 0.3) is 0 Å². The lowest BCUT2D eigenvalue weighted by Crippen LogP contribution is -2.14. The van der Waals surface area contributed by atoms with E-state index in [4.69, 9.17) is 0 Å². The van der Waals surface area contributed by atoms with Gasteiger partial charge < -0.3 is 4.74 Å². The van der Waals surface area contributed by atoms with E-state index in [2.05, 4.69) is 4.74 Å². The lowest BCUT2D eigenvalue weighted by Gasteiger charge is -2.02. The van der Waals surface area contributed by atoms with Crippen molar-refractivity contribution < 1.29 is 14.3 Å². The van der Waals surface area contributed by atoms with E-state index in [9.17, 15) is 9.59 Å². The van der Waals surface area contributed by atoms with E-state index >= 15 is 0 Å². The summed E-state index contributed by atoms with van der Waals surface area (Å²) in [6.07, 6.45) is 3.23. The van der Waals surface area contributed by atoms with E-state index in [1.807, 2.05) is 12.3 Å². The second-order valence-corrected chi connectivity index (χ2v) is 4.02. The Morgan fingerprint density at radius 2 is 2.25 bits per heavy atom. The molecule has 1 aromatic heterocycles. The van der Waals surface area contributed by atoms with Gasteiger partial charge in [0.15, 0.2) is 0 Å². The molecule has 1 heterocycles. The number of carbonyl (C=O) groups excluding carboxylic acids is 2. The van der Waals surface area contributed by atoms with Crippen molar-refractivity contribution in [3.8, 4) is 0 Å². The fourth-order valence-corrected chi connectivity index (χ4v) is 1.85. The fraction of sp³-hybridized carbons (Fsp3) is 0.333. The summed E-state index contributed by atoms with van der Waals surface area (Å²) in [4.78, 5) is 23.4. The Morgan fingerprint density at radius 3 is 2.75 bits per heavy atom. The maximum Gasteiger partial charge on any atom is 0.341 e. The van der Waals surface area contributed by atoms with Crippen molar-refractivity contribution in [1.82, 2.24) is 0 Å². The molecule has 16 heavy (non-hydrogen) atoms. The highest BCUT2D eigenvalue weighted by Crippen LogP contribution is 2.14. The molecule has 0 aliphatic rings. The minimum Gasteiger partial charge on any atom is -0.465 e. The van der Waals surface area contributed by atoms with Gasteiger partial charge in [-0.25, -0.2) is 4.79 Å². The molecule has 0 bridgehead atoms. The first-order chi connectivity index (χ1) is 7.70. The molecule has 0 saturated carbocycles. The summed E-state index contributed by atoms with van der Waals surface area (Å²) in [5, 5.41) is 3.53. The summed E-state index contributed by atoms with van der Waals surface area (Å²) < 4.78 is 4.60. The first-order valence-corrected chi connectivity index (χ1v) is 6.00. The van der Waals surface area contributed by atoms with Crippen LogP contribution in [0.4, 0.5) is 0 Å². The second-order valence-electron chi connectivity index (χ2n) is 3.24. The van der Waals surface area contributed by atoms with Crippen molar-refractivity contribution in [2.45, 2.75) is 19.8 Å². The largest absolute Gasteiger partial charge is 0.465 e. The molecular formula is C12H14O3S. The van der Waals surface area contributed by atoms with Gasteiger partial charge in [0, 0.05) is 10.9 Å².